The third-order valence-corrected chi connectivity index (χ3v) is 3.43. The Morgan fingerprint density at radius 1 is 1.61 bits per heavy atom. The molecule has 0 aromatic heterocycles. The quantitative estimate of drug-likeness (QED) is 0.799. The number of carbonyl (C=O) groups excluding carboxylic acids is 1. The maximum atomic E-state index is 11.7. The van der Waals surface area contributed by atoms with Crippen molar-refractivity contribution in [1.29, 1.82) is 0 Å². The second-order valence-corrected chi connectivity index (χ2v) is 4.96. The molecule has 18 heavy (non-hydrogen) atoms. The number of ether oxygens (including phenoxy) is 2. The highest BCUT2D eigenvalue weighted by Crippen LogP contribution is 2.34. The van der Waals surface area contributed by atoms with Crippen molar-refractivity contribution in [2.75, 3.05) is 6.61 Å². The maximum absolute atomic E-state index is 11.7. The lowest BCUT2D eigenvalue weighted by atomic mass is 10.0. The van der Waals surface area contributed by atoms with E-state index in [4.69, 9.17) is 21.1 Å². The van der Waals surface area contributed by atoms with Crippen molar-refractivity contribution >= 4 is 39.9 Å². The number of benzene rings is 1. The average molecular weight is 333 g/mol. The number of rotatable bonds is 3. The third-order valence-electron chi connectivity index (χ3n) is 2.51. The summed E-state index contributed by atoms with van der Waals surface area (Å²) in [5.41, 5.74) is 0.815. The summed E-state index contributed by atoms with van der Waals surface area (Å²) in [5.74, 6) is -0.391. The van der Waals surface area contributed by atoms with Gasteiger partial charge in [-0.1, -0.05) is 33.6 Å². The van der Waals surface area contributed by atoms with Gasteiger partial charge in [0.15, 0.2) is 18.5 Å². The molecular formula is C12H11BrClNO3. The van der Waals surface area contributed by atoms with Gasteiger partial charge in [0.05, 0.1) is 6.61 Å². The fourth-order valence-corrected chi connectivity index (χ4v) is 2.61. The summed E-state index contributed by atoms with van der Waals surface area (Å²) in [6, 6.07) is 4.63. The average Bonchev–Trinajstić information content (AvgIpc) is 2.78. The number of aliphatic imine (C=N–C) groups is 1. The van der Waals surface area contributed by atoms with Crippen LogP contribution in [0.2, 0.25) is 5.02 Å². The van der Waals surface area contributed by atoms with E-state index in [2.05, 4.69) is 20.9 Å². The van der Waals surface area contributed by atoms with Gasteiger partial charge < -0.3 is 9.47 Å². The number of nitrogens with zero attached hydrogens (tertiary/aromatic N) is 1. The Kier molecular flexibility index (Phi) is 4.24. The molecule has 2 rings (SSSR count). The van der Waals surface area contributed by atoms with Crippen LogP contribution in [0.25, 0.3) is 0 Å². The molecule has 0 amide bonds. The second-order valence-electron chi connectivity index (χ2n) is 3.67. The molecule has 2 atom stereocenters. The molecule has 1 aromatic rings. The van der Waals surface area contributed by atoms with Gasteiger partial charge in [-0.2, -0.15) is 0 Å². The van der Waals surface area contributed by atoms with Gasteiger partial charge in [-0.3, -0.25) is 0 Å². The van der Waals surface area contributed by atoms with E-state index in [1.165, 1.54) is 6.40 Å². The molecular weight excluding hydrogens is 321 g/mol. The second kappa shape index (κ2) is 5.71. The largest absolute Gasteiger partial charge is 0.473 e. The minimum absolute atomic E-state index is 0.319. The predicted molar refractivity (Wildman–Crippen MR) is 71.9 cm³/mol. The van der Waals surface area contributed by atoms with E-state index in [0.717, 1.165) is 10.0 Å². The summed E-state index contributed by atoms with van der Waals surface area (Å²) in [6.07, 6.45) is 0.809. The summed E-state index contributed by atoms with van der Waals surface area (Å²) in [7, 11) is 0. The topological polar surface area (TPSA) is 47.9 Å². The zero-order valence-corrected chi connectivity index (χ0v) is 11.9. The molecule has 2 unspecified atom stereocenters. The van der Waals surface area contributed by atoms with E-state index in [9.17, 15) is 4.79 Å². The first-order valence-corrected chi connectivity index (χ1v) is 6.59. The number of hydrogen-bond acceptors (Lipinski definition) is 4. The summed E-state index contributed by atoms with van der Waals surface area (Å²) in [5, 5.41) is 0.609. The fourth-order valence-electron chi connectivity index (χ4n) is 1.71. The molecule has 0 N–H and O–H groups in total. The minimum atomic E-state index is -0.664. The lowest BCUT2D eigenvalue weighted by molar-refractivity contribution is -0.146. The van der Waals surface area contributed by atoms with Gasteiger partial charge in [0.25, 0.3) is 0 Å². The van der Waals surface area contributed by atoms with Crippen molar-refractivity contribution in [2.45, 2.75) is 19.1 Å². The van der Waals surface area contributed by atoms with Crippen molar-refractivity contribution in [1.82, 2.24) is 0 Å². The molecule has 4 nitrogen and oxygen atoms in total. The van der Waals surface area contributed by atoms with Gasteiger partial charge in [-0.05, 0) is 19.1 Å². The predicted octanol–water partition coefficient (Wildman–Crippen LogP) is 3.13. The van der Waals surface area contributed by atoms with Crippen LogP contribution < -0.4 is 0 Å². The molecule has 0 fully saturated rings. The third kappa shape index (κ3) is 2.67. The van der Waals surface area contributed by atoms with Gasteiger partial charge in [0.2, 0.25) is 0 Å². The number of esters is 1. The van der Waals surface area contributed by atoms with Crippen molar-refractivity contribution in [3.8, 4) is 0 Å². The molecule has 0 radical (unpaired) electrons. The Hall–Kier alpha value is -1.07. The first kappa shape index (κ1) is 13.4. The molecule has 1 aromatic carbocycles. The highest BCUT2D eigenvalue weighted by molar-refractivity contribution is 9.10. The maximum Gasteiger partial charge on any atom is 0.335 e. The van der Waals surface area contributed by atoms with Crippen LogP contribution >= 0.6 is 27.5 Å². The minimum Gasteiger partial charge on any atom is -0.473 e. The van der Waals surface area contributed by atoms with Crippen LogP contribution in [0.1, 0.15) is 18.6 Å². The van der Waals surface area contributed by atoms with Gasteiger partial charge in [0, 0.05) is 15.1 Å². The molecule has 1 aliphatic heterocycles. The lowest BCUT2D eigenvalue weighted by Gasteiger charge is -2.17. The van der Waals surface area contributed by atoms with Gasteiger partial charge in [-0.15, -0.1) is 0 Å². The van der Waals surface area contributed by atoms with Crippen LogP contribution in [0, 0.1) is 0 Å². The van der Waals surface area contributed by atoms with Crippen LogP contribution in [0.5, 0.6) is 0 Å². The molecule has 96 valence electrons. The molecule has 0 aliphatic carbocycles. The van der Waals surface area contributed by atoms with E-state index in [0.29, 0.717) is 11.6 Å². The summed E-state index contributed by atoms with van der Waals surface area (Å²) < 4.78 is 11.1. The van der Waals surface area contributed by atoms with E-state index in [1.807, 2.05) is 0 Å². The van der Waals surface area contributed by atoms with E-state index in [1.54, 1.807) is 25.1 Å². The zero-order valence-electron chi connectivity index (χ0n) is 9.60. The van der Waals surface area contributed by atoms with Gasteiger partial charge in [-0.25, -0.2) is 9.79 Å². The Balaban J connectivity index is 2.24. The highest BCUT2D eigenvalue weighted by atomic mass is 79.9. The summed E-state index contributed by atoms with van der Waals surface area (Å²) in [6.45, 7) is 2.07. The van der Waals surface area contributed by atoms with Crippen LogP contribution in [0.15, 0.2) is 27.7 Å². The Bertz CT molecular complexity index is 492. The van der Waals surface area contributed by atoms with Crippen molar-refractivity contribution < 1.29 is 14.3 Å². The van der Waals surface area contributed by atoms with E-state index in [-0.39, 0.29) is 0 Å². The zero-order chi connectivity index (χ0) is 13.1. The number of hydrogen-bond donors (Lipinski definition) is 0. The van der Waals surface area contributed by atoms with Crippen molar-refractivity contribution in [2.24, 2.45) is 4.99 Å². The fraction of sp³-hybridized carbons (Fsp3) is 0.333. The SMILES string of the molecule is CCOC(=O)C1N=COC1c1ccc(Cl)cc1Br. The molecule has 1 aliphatic rings. The van der Waals surface area contributed by atoms with Crippen LogP contribution in [0.3, 0.4) is 0 Å². The number of halogens is 2. The van der Waals surface area contributed by atoms with Crippen LogP contribution in [-0.4, -0.2) is 25.0 Å². The van der Waals surface area contributed by atoms with Crippen LogP contribution in [-0.2, 0) is 14.3 Å². The van der Waals surface area contributed by atoms with Gasteiger partial charge >= 0.3 is 5.97 Å². The first-order chi connectivity index (χ1) is 8.63. The molecule has 0 saturated heterocycles. The molecule has 1 heterocycles. The summed E-state index contributed by atoms with van der Waals surface area (Å²) >= 11 is 9.28. The first-order valence-electron chi connectivity index (χ1n) is 5.42. The Morgan fingerprint density at radius 3 is 3.06 bits per heavy atom. The van der Waals surface area contributed by atoms with Crippen LogP contribution in [0.4, 0.5) is 0 Å². The van der Waals surface area contributed by atoms with Crippen molar-refractivity contribution in [3.05, 3.63) is 33.3 Å². The molecule has 6 heteroatoms. The molecule has 0 bridgehead atoms. The highest BCUT2D eigenvalue weighted by Gasteiger charge is 2.36. The van der Waals surface area contributed by atoms with Crippen molar-refractivity contribution in [3.63, 3.8) is 0 Å². The molecule has 0 saturated carbocycles. The summed E-state index contributed by atoms with van der Waals surface area (Å²) in [4.78, 5) is 15.7. The molecule has 0 spiro atoms. The smallest absolute Gasteiger partial charge is 0.335 e. The Labute approximate surface area is 118 Å². The van der Waals surface area contributed by atoms with E-state index >= 15 is 0 Å². The standard InChI is InChI=1S/C12H11BrClNO3/c1-2-17-12(16)10-11(18-6-15-10)8-4-3-7(14)5-9(8)13/h3-6,10-11H,2H2,1H3. The van der Waals surface area contributed by atoms with E-state index < -0.39 is 18.1 Å². The monoisotopic (exact) mass is 331 g/mol. The Morgan fingerprint density at radius 2 is 2.39 bits per heavy atom. The number of carbonyl (C=O) groups is 1. The van der Waals surface area contributed by atoms with Gasteiger partial charge in [0.1, 0.15) is 0 Å². The lowest BCUT2D eigenvalue weighted by Crippen LogP contribution is -2.26. The normalized spacial score (nSPS) is 21.7.